The maximum atomic E-state index is 12.4. The largest absolute Gasteiger partial charge is 0.492 e. The van der Waals surface area contributed by atoms with Gasteiger partial charge >= 0.3 is 6.18 Å². The summed E-state index contributed by atoms with van der Waals surface area (Å²) >= 11 is 0. The van der Waals surface area contributed by atoms with Crippen LogP contribution in [0.5, 0.6) is 5.75 Å². The van der Waals surface area contributed by atoms with Crippen LogP contribution in [0.25, 0.3) is 0 Å². The minimum Gasteiger partial charge on any atom is -0.492 e. The second kappa shape index (κ2) is 10.6. The van der Waals surface area contributed by atoms with Crippen LogP contribution < -0.4 is 15.4 Å². The highest BCUT2D eigenvalue weighted by Crippen LogP contribution is 2.30. The summed E-state index contributed by atoms with van der Waals surface area (Å²) in [5.74, 6) is 1.07. The fraction of sp³-hybridized carbons (Fsp3) is 0.533. The van der Waals surface area contributed by atoms with E-state index < -0.39 is 11.7 Å². The molecular weight excluding hydrogens is 422 g/mol. The number of ether oxygens (including phenoxy) is 1. The van der Waals surface area contributed by atoms with Gasteiger partial charge in [-0.15, -0.1) is 24.0 Å². The second-order valence-electron chi connectivity index (χ2n) is 4.82. The summed E-state index contributed by atoms with van der Waals surface area (Å²) in [4.78, 5) is 4.07. The SMILES string of the molecule is CCC(C)NC(=NC)NCCOc1ccc(C(F)(F)F)cc1.I. The Hall–Kier alpha value is -1.19. The molecular formula is C15H23F3IN3O. The molecule has 1 rings (SSSR count). The number of nitrogens with one attached hydrogen (secondary N) is 2. The number of alkyl halides is 3. The quantitative estimate of drug-likeness (QED) is 0.304. The number of guanidine groups is 1. The molecule has 132 valence electrons. The number of hydrogen-bond donors (Lipinski definition) is 2. The fourth-order valence-corrected chi connectivity index (χ4v) is 1.61. The van der Waals surface area contributed by atoms with Crippen molar-refractivity contribution in [2.45, 2.75) is 32.5 Å². The topological polar surface area (TPSA) is 45.7 Å². The molecule has 1 unspecified atom stereocenters. The van der Waals surface area contributed by atoms with Crippen LogP contribution in [-0.2, 0) is 6.18 Å². The van der Waals surface area contributed by atoms with Gasteiger partial charge in [0.05, 0.1) is 12.1 Å². The van der Waals surface area contributed by atoms with Gasteiger partial charge in [0.15, 0.2) is 5.96 Å². The summed E-state index contributed by atoms with van der Waals surface area (Å²) in [7, 11) is 1.68. The first-order chi connectivity index (χ1) is 10.4. The molecule has 0 aromatic heterocycles. The van der Waals surface area contributed by atoms with E-state index in [-0.39, 0.29) is 24.0 Å². The molecule has 23 heavy (non-hydrogen) atoms. The van der Waals surface area contributed by atoms with Crippen LogP contribution in [0, 0.1) is 0 Å². The van der Waals surface area contributed by atoms with Crippen molar-refractivity contribution in [2.75, 3.05) is 20.2 Å². The van der Waals surface area contributed by atoms with Crippen LogP contribution in [0.15, 0.2) is 29.3 Å². The minimum absolute atomic E-state index is 0. The monoisotopic (exact) mass is 445 g/mol. The number of benzene rings is 1. The first-order valence-electron chi connectivity index (χ1n) is 7.14. The Bertz CT molecular complexity index is 478. The van der Waals surface area contributed by atoms with Gasteiger partial charge in [-0.2, -0.15) is 13.2 Å². The number of aliphatic imine (C=N–C) groups is 1. The number of rotatable bonds is 6. The molecule has 0 amide bonds. The van der Waals surface area contributed by atoms with Crippen molar-refractivity contribution in [1.29, 1.82) is 0 Å². The molecule has 4 nitrogen and oxygen atoms in total. The van der Waals surface area contributed by atoms with E-state index in [1.165, 1.54) is 12.1 Å². The zero-order valence-electron chi connectivity index (χ0n) is 13.4. The summed E-state index contributed by atoms with van der Waals surface area (Å²) in [6.07, 6.45) is -3.35. The van der Waals surface area contributed by atoms with E-state index in [4.69, 9.17) is 4.74 Å². The molecule has 0 bridgehead atoms. The van der Waals surface area contributed by atoms with Crippen LogP contribution in [0.2, 0.25) is 0 Å². The maximum absolute atomic E-state index is 12.4. The van der Waals surface area contributed by atoms with Gasteiger partial charge in [0.25, 0.3) is 0 Å². The third-order valence-electron chi connectivity index (χ3n) is 3.06. The third-order valence-corrected chi connectivity index (χ3v) is 3.06. The predicted octanol–water partition coefficient (Wildman–Crippen LogP) is 3.67. The molecule has 1 atom stereocenters. The molecule has 8 heteroatoms. The Morgan fingerprint density at radius 2 is 1.87 bits per heavy atom. The lowest BCUT2D eigenvalue weighted by Crippen LogP contribution is -2.43. The van der Waals surface area contributed by atoms with Gasteiger partial charge < -0.3 is 15.4 Å². The van der Waals surface area contributed by atoms with Crippen molar-refractivity contribution in [3.05, 3.63) is 29.8 Å². The lowest BCUT2D eigenvalue weighted by Gasteiger charge is -2.16. The average molecular weight is 445 g/mol. The third kappa shape index (κ3) is 8.29. The van der Waals surface area contributed by atoms with Crippen LogP contribution >= 0.6 is 24.0 Å². The summed E-state index contributed by atoms with van der Waals surface area (Å²) < 4.78 is 42.6. The summed E-state index contributed by atoms with van der Waals surface area (Å²) in [5.41, 5.74) is -0.684. The Balaban J connectivity index is 0.00000484. The van der Waals surface area contributed by atoms with E-state index in [1.807, 2.05) is 6.92 Å². The number of nitrogens with zero attached hydrogens (tertiary/aromatic N) is 1. The van der Waals surface area contributed by atoms with Crippen molar-refractivity contribution >= 4 is 29.9 Å². The normalized spacial score (nSPS) is 13.0. The van der Waals surface area contributed by atoms with Crippen LogP contribution in [0.3, 0.4) is 0 Å². The molecule has 0 heterocycles. The highest BCUT2D eigenvalue weighted by Gasteiger charge is 2.29. The first kappa shape index (κ1) is 21.8. The van der Waals surface area contributed by atoms with E-state index in [0.29, 0.717) is 30.9 Å². The number of halogens is 4. The molecule has 2 N–H and O–H groups in total. The zero-order valence-corrected chi connectivity index (χ0v) is 15.7. The van der Waals surface area contributed by atoms with Crippen LogP contribution in [0.1, 0.15) is 25.8 Å². The van der Waals surface area contributed by atoms with Gasteiger partial charge in [-0.3, -0.25) is 4.99 Å². The molecule has 1 aromatic rings. The molecule has 0 saturated carbocycles. The highest BCUT2D eigenvalue weighted by molar-refractivity contribution is 14.0. The van der Waals surface area contributed by atoms with E-state index in [0.717, 1.165) is 18.6 Å². The standard InChI is InChI=1S/C15H22F3N3O.HI/c1-4-11(2)21-14(19-3)20-9-10-22-13-7-5-12(6-8-13)15(16,17)18;/h5-8,11H,4,9-10H2,1-3H3,(H2,19,20,21);1H. The first-order valence-corrected chi connectivity index (χ1v) is 7.14. The van der Waals surface area contributed by atoms with E-state index >= 15 is 0 Å². The summed E-state index contributed by atoms with van der Waals surface area (Å²) in [5, 5.41) is 6.27. The van der Waals surface area contributed by atoms with Crippen molar-refractivity contribution in [2.24, 2.45) is 4.99 Å². The van der Waals surface area contributed by atoms with Gasteiger partial charge in [0.2, 0.25) is 0 Å². The van der Waals surface area contributed by atoms with Gasteiger partial charge in [-0.25, -0.2) is 0 Å². The van der Waals surface area contributed by atoms with Crippen LogP contribution in [-0.4, -0.2) is 32.2 Å². The maximum Gasteiger partial charge on any atom is 0.416 e. The Labute approximate surface area is 151 Å². The van der Waals surface area contributed by atoms with Gasteiger partial charge in [0.1, 0.15) is 12.4 Å². The van der Waals surface area contributed by atoms with Crippen molar-refractivity contribution in [3.63, 3.8) is 0 Å². The average Bonchev–Trinajstić information content (AvgIpc) is 2.49. The zero-order chi connectivity index (χ0) is 16.6. The van der Waals surface area contributed by atoms with E-state index in [2.05, 4.69) is 22.5 Å². The predicted molar refractivity (Wildman–Crippen MR) is 96.6 cm³/mol. The van der Waals surface area contributed by atoms with E-state index in [9.17, 15) is 13.2 Å². The smallest absolute Gasteiger partial charge is 0.416 e. The minimum atomic E-state index is -4.33. The fourth-order valence-electron chi connectivity index (χ4n) is 1.61. The van der Waals surface area contributed by atoms with Crippen LogP contribution in [0.4, 0.5) is 13.2 Å². The van der Waals surface area contributed by atoms with Crippen molar-refractivity contribution in [3.8, 4) is 5.75 Å². The van der Waals surface area contributed by atoms with Gasteiger partial charge in [0, 0.05) is 13.1 Å². The molecule has 0 aliphatic carbocycles. The molecule has 0 saturated heterocycles. The molecule has 0 spiro atoms. The number of hydrogen-bond acceptors (Lipinski definition) is 2. The molecule has 0 aliphatic heterocycles. The highest BCUT2D eigenvalue weighted by atomic mass is 127. The second-order valence-corrected chi connectivity index (χ2v) is 4.82. The Morgan fingerprint density at radius 3 is 2.35 bits per heavy atom. The molecule has 0 fully saturated rings. The Kier molecular flexibility index (Phi) is 10.0. The summed E-state index contributed by atoms with van der Waals surface area (Å²) in [6, 6.07) is 4.95. The molecule has 0 aliphatic rings. The summed E-state index contributed by atoms with van der Waals surface area (Å²) in [6.45, 7) is 4.94. The van der Waals surface area contributed by atoms with Gasteiger partial charge in [-0.1, -0.05) is 6.92 Å². The molecule has 1 aromatic carbocycles. The Morgan fingerprint density at radius 1 is 1.26 bits per heavy atom. The van der Waals surface area contributed by atoms with Crippen molar-refractivity contribution < 1.29 is 17.9 Å². The van der Waals surface area contributed by atoms with Crippen molar-refractivity contribution in [1.82, 2.24) is 10.6 Å². The van der Waals surface area contributed by atoms with Gasteiger partial charge in [-0.05, 0) is 37.6 Å². The lowest BCUT2D eigenvalue weighted by atomic mass is 10.2. The lowest BCUT2D eigenvalue weighted by molar-refractivity contribution is -0.137. The molecule has 0 radical (unpaired) electrons. The van der Waals surface area contributed by atoms with E-state index in [1.54, 1.807) is 7.05 Å².